The van der Waals surface area contributed by atoms with E-state index in [0.717, 1.165) is 0 Å². The lowest BCUT2D eigenvalue weighted by atomic mass is 10.6. The summed E-state index contributed by atoms with van der Waals surface area (Å²) >= 11 is 3.24. The average molecular weight is 233 g/mol. The molecule has 0 saturated heterocycles. The maximum atomic E-state index is 11.6. The summed E-state index contributed by atoms with van der Waals surface area (Å²) in [4.78, 5) is -0.866. The summed E-state index contributed by atoms with van der Waals surface area (Å²) in [7, 11) is 0. The van der Waals surface area contributed by atoms with Crippen molar-refractivity contribution in [3.63, 3.8) is 0 Å². The van der Waals surface area contributed by atoms with E-state index in [0.29, 0.717) is 11.8 Å². The highest BCUT2D eigenvalue weighted by atomic mass is 79.9. The summed E-state index contributed by atoms with van der Waals surface area (Å²) in [6, 6.07) is 0. The maximum Gasteiger partial charge on any atom is 0.422 e. The number of thioether (sulfide) groups is 1. The third-order valence-electron chi connectivity index (χ3n) is 0.550. The van der Waals surface area contributed by atoms with Crippen LogP contribution in [0.2, 0.25) is 0 Å². The topological polar surface area (TPSA) is 0 Å². The smallest absolute Gasteiger partial charge is 0.166 e. The molecular formula is C5H4BrF3S. The molecule has 0 atom stereocenters. The third-order valence-corrected chi connectivity index (χ3v) is 1.74. The van der Waals surface area contributed by atoms with Gasteiger partial charge < -0.3 is 0 Å². The molecule has 0 amide bonds. The standard InChI is InChI=1S/C5H4BrF3S/c1-3(5(7,8)9)10-4(2)6/h1-2H2. The number of halogens is 4. The van der Waals surface area contributed by atoms with Crippen LogP contribution >= 0.6 is 27.7 Å². The Morgan fingerprint density at radius 1 is 1.30 bits per heavy atom. The lowest BCUT2D eigenvalue weighted by molar-refractivity contribution is -0.0832. The average Bonchev–Trinajstić information content (AvgIpc) is 1.60. The minimum Gasteiger partial charge on any atom is -0.166 e. The van der Waals surface area contributed by atoms with E-state index in [4.69, 9.17) is 0 Å². The van der Waals surface area contributed by atoms with Crippen molar-refractivity contribution in [2.24, 2.45) is 0 Å². The van der Waals surface area contributed by atoms with Crippen LogP contribution in [0.15, 0.2) is 21.9 Å². The van der Waals surface area contributed by atoms with E-state index in [9.17, 15) is 13.2 Å². The van der Waals surface area contributed by atoms with Gasteiger partial charge in [0.25, 0.3) is 0 Å². The number of allylic oxidation sites excluding steroid dienone is 1. The van der Waals surface area contributed by atoms with Gasteiger partial charge in [0.15, 0.2) is 0 Å². The molecule has 0 bridgehead atoms. The SMILES string of the molecule is C=C(Br)SC(=C)C(F)(F)F. The fourth-order valence-electron chi connectivity index (χ4n) is 0.192. The zero-order chi connectivity index (χ0) is 8.36. The molecule has 0 N–H and O–H groups in total. The summed E-state index contributed by atoms with van der Waals surface area (Å²) in [5.74, 6) is 0. The second kappa shape index (κ2) is 3.48. The van der Waals surface area contributed by atoms with Crippen molar-refractivity contribution in [1.82, 2.24) is 0 Å². The Kier molecular flexibility index (Phi) is 3.51. The Balaban J connectivity index is 3.99. The molecule has 0 aromatic rings. The van der Waals surface area contributed by atoms with Crippen molar-refractivity contribution < 1.29 is 13.2 Å². The summed E-state index contributed by atoms with van der Waals surface area (Å²) in [6.45, 7) is 6.04. The molecule has 58 valence electrons. The van der Waals surface area contributed by atoms with Gasteiger partial charge in [-0.25, -0.2) is 0 Å². The van der Waals surface area contributed by atoms with E-state index in [2.05, 4.69) is 29.1 Å². The molecule has 0 heterocycles. The number of hydrogen-bond acceptors (Lipinski definition) is 1. The van der Waals surface area contributed by atoms with Gasteiger partial charge in [-0.3, -0.25) is 0 Å². The molecular weight excluding hydrogens is 229 g/mol. The van der Waals surface area contributed by atoms with Crippen molar-refractivity contribution in [3.05, 3.63) is 21.9 Å². The van der Waals surface area contributed by atoms with Crippen LogP contribution in [0.25, 0.3) is 0 Å². The second-order valence-electron chi connectivity index (χ2n) is 1.38. The van der Waals surface area contributed by atoms with Crippen molar-refractivity contribution in [2.75, 3.05) is 0 Å². The van der Waals surface area contributed by atoms with Crippen LogP contribution in [-0.4, -0.2) is 6.18 Å². The minimum atomic E-state index is -4.33. The molecule has 0 aliphatic carbocycles. The Bertz CT molecular complexity index is 161. The number of rotatable bonds is 2. The number of hydrogen-bond donors (Lipinski definition) is 0. The molecule has 0 saturated carbocycles. The van der Waals surface area contributed by atoms with Gasteiger partial charge in [0.1, 0.15) is 0 Å². The van der Waals surface area contributed by atoms with Crippen molar-refractivity contribution >= 4 is 27.7 Å². The zero-order valence-electron chi connectivity index (χ0n) is 4.83. The Hall–Kier alpha value is 0.1000. The molecule has 0 spiro atoms. The molecule has 5 heteroatoms. The van der Waals surface area contributed by atoms with Crippen LogP contribution in [0, 0.1) is 0 Å². The first-order valence-corrected chi connectivity index (χ1v) is 3.73. The summed E-state index contributed by atoms with van der Waals surface area (Å²) in [5.41, 5.74) is 0. The van der Waals surface area contributed by atoms with E-state index in [1.165, 1.54) is 0 Å². The summed E-state index contributed by atoms with van der Waals surface area (Å²) < 4.78 is 35.1. The lowest BCUT2D eigenvalue weighted by Gasteiger charge is -2.06. The maximum absolute atomic E-state index is 11.6. The fraction of sp³-hybridized carbons (Fsp3) is 0.200. The summed E-state index contributed by atoms with van der Waals surface area (Å²) in [6.07, 6.45) is -4.33. The van der Waals surface area contributed by atoms with Crippen molar-refractivity contribution in [2.45, 2.75) is 6.18 Å². The molecule has 0 radical (unpaired) electrons. The minimum absolute atomic E-state index is 0.204. The van der Waals surface area contributed by atoms with E-state index in [-0.39, 0.29) is 3.81 Å². The van der Waals surface area contributed by atoms with Gasteiger partial charge in [-0.05, 0) is 15.9 Å². The van der Waals surface area contributed by atoms with Crippen LogP contribution in [0.1, 0.15) is 0 Å². The lowest BCUT2D eigenvalue weighted by Crippen LogP contribution is -2.07. The van der Waals surface area contributed by atoms with Gasteiger partial charge in [0, 0.05) is 3.81 Å². The van der Waals surface area contributed by atoms with E-state index in [1.54, 1.807) is 0 Å². The monoisotopic (exact) mass is 232 g/mol. The zero-order valence-corrected chi connectivity index (χ0v) is 7.24. The van der Waals surface area contributed by atoms with Crippen molar-refractivity contribution in [3.8, 4) is 0 Å². The fourth-order valence-corrected chi connectivity index (χ4v) is 1.16. The van der Waals surface area contributed by atoms with Gasteiger partial charge in [0.05, 0.1) is 4.91 Å². The highest BCUT2D eigenvalue weighted by Gasteiger charge is 2.32. The van der Waals surface area contributed by atoms with Gasteiger partial charge >= 0.3 is 6.18 Å². The first kappa shape index (κ1) is 10.1. The molecule has 0 fully saturated rings. The van der Waals surface area contributed by atoms with E-state index >= 15 is 0 Å². The van der Waals surface area contributed by atoms with Gasteiger partial charge in [-0.1, -0.05) is 24.9 Å². The second-order valence-corrected chi connectivity index (χ2v) is 4.05. The predicted octanol–water partition coefficient (Wildman–Crippen LogP) is 3.66. The van der Waals surface area contributed by atoms with Gasteiger partial charge in [-0.2, -0.15) is 13.2 Å². The first-order chi connectivity index (χ1) is 4.34. The van der Waals surface area contributed by atoms with Crippen LogP contribution in [0.4, 0.5) is 13.2 Å². The van der Waals surface area contributed by atoms with Gasteiger partial charge in [0.2, 0.25) is 0 Å². The Morgan fingerprint density at radius 2 is 1.70 bits per heavy atom. The number of alkyl halides is 3. The van der Waals surface area contributed by atoms with Crippen LogP contribution in [-0.2, 0) is 0 Å². The molecule has 0 aliphatic heterocycles. The predicted molar refractivity (Wildman–Crippen MR) is 40.9 cm³/mol. The molecule has 10 heavy (non-hydrogen) atoms. The molecule has 0 unspecified atom stereocenters. The molecule has 0 rings (SSSR count). The highest BCUT2D eigenvalue weighted by molar-refractivity contribution is 9.14. The Morgan fingerprint density at radius 3 is 1.80 bits per heavy atom. The highest BCUT2D eigenvalue weighted by Crippen LogP contribution is 2.38. The third kappa shape index (κ3) is 4.00. The molecule has 0 aromatic heterocycles. The van der Waals surface area contributed by atoms with E-state index in [1.807, 2.05) is 0 Å². The van der Waals surface area contributed by atoms with Crippen LogP contribution < -0.4 is 0 Å². The Labute approximate surface area is 69.3 Å². The largest absolute Gasteiger partial charge is 0.422 e. The van der Waals surface area contributed by atoms with E-state index < -0.39 is 11.1 Å². The molecule has 0 aromatic carbocycles. The quantitative estimate of drug-likeness (QED) is 0.701. The van der Waals surface area contributed by atoms with Crippen LogP contribution in [0.5, 0.6) is 0 Å². The first-order valence-electron chi connectivity index (χ1n) is 2.12. The normalized spacial score (nSPS) is 11.2. The molecule has 0 nitrogen and oxygen atoms in total. The summed E-state index contributed by atoms with van der Waals surface area (Å²) in [5, 5.41) is 0. The van der Waals surface area contributed by atoms with Crippen LogP contribution in [0.3, 0.4) is 0 Å². The molecule has 0 aliphatic rings. The van der Waals surface area contributed by atoms with Crippen molar-refractivity contribution in [1.29, 1.82) is 0 Å². The van der Waals surface area contributed by atoms with Gasteiger partial charge in [-0.15, -0.1) is 0 Å².